The summed E-state index contributed by atoms with van der Waals surface area (Å²) in [5, 5.41) is 27.3. The van der Waals surface area contributed by atoms with Crippen LogP contribution < -0.4 is 0 Å². The van der Waals surface area contributed by atoms with Crippen molar-refractivity contribution in [2.24, 2.45) is 0 Å². The second kappa shape index (κ2) is 22.8. The van der Waals surface area contributed by atoms with Crippen LogP contribution in [0.3, 0.4) is 0 Å². The molecule has 0 spiro atoms. The molecule has 0 bridgehead atoms. The average Bonchev–Trinajstić information content (AvgIpc) is 2.81. The van der Waals surface area contributed by atoms with Crippen molar-refractivity contribution < 1.29 is 34.2 Å². The largest absolute Gasteiger partial charge is 0.481 e. The molecule has 0 unspecified atom stereocenters. The summed E-state index contributed by atoms with van der Waals surface area (Å²) in [5.41, 5.74) is 0. The predicted molar refractivity (Wildman–Crippen MR) is 141 cm³/mol. The van der Waals surface area contributed by atoms with E-state index in [4.69, 9.17) is 15.3 Å². The lowest BCUT2D eigenvalue weighted by molar-refractivity contribution is -0.927. The maximum atomic E-state index is 11.1. The molecule has 7 nitrogen and oxygen atoms in total. The molecule has 0 saturated carbocycles. The lowest BCUT2D eigenvalue weighted by Crippen LogP contribution is -2.52. The van der Waals surface area contributed by atoms with Gasteiger partial charge in [-0.3, -0.25) is 14.4 Å². The molecule has 0 radical (unpaired) electrons. The van der Waals surface area contributed by atoms with Gasteiger partial charge in [0, 0.05) is 0 Å². The standard InChI is InChI=1S/C28H53NO6/c1-2-3-4-5-6-7-8-9-10-11-12-13-14-15-16-17-18-22-29(23-19-26(30)31,24-20-27(32)33)25-21-28(34)35/h2-25H2,1H3,(H2-,30,31,32,33,34,35)/p+1. The molecule has 0 heterocycles. The lowest BCUT2D eigenvalue weighted by Gasteiger charge is -2.38. The Balaban J connectivity index is 3.98. The third-order valence-electron chi connectivity index (χ3n) is 7.14. The summed E-state index contributed by atoms with van der Waals surface area (Å²) in [5.74, 6) is -2.79. The zero-order valence-electron chi connectivity index (χ0n) is 22.5. The van der Waals surface area contributed by atoms with Gasteiger partial charge < -0.3 is 19.8 Å². The van der Waals surface area contributed by atoms with E-state index in [9.17, 15) is 14.4 Å². The zero-order chi connectivity index (χ0) is 26.2. The molecule has 0 aromatic rings. The molecular weight excluding hydrogens is 446 g/mol. The van der Waals surface area contributed by atoms with Crippen LogP contribution >= 0.6 is 0 Å². The smallest absolute Gasteiger partial charge is 0.309 e. The summed E-state index contributed by atoms with van der Waals surface area (Å²) in [7, 11) is 0. The number of carbonyl (C=O) groups is 3. The van der Waals surface area contributed by atoms with E-state index in [-0.39, 0.29) is 43.4 Å². The van der Waals surface area contributed by atoms with Crippen molar-refractivity contribution in [2.45, 2.75) is 135 Å². The Morgan fingerprint density at radius 2 is 0.686 bits per heavy atom. The van der Waals surface area contributed by atoms with Crippen LogP contribution in [-0.4, -0.2) is 63.9 Å². The third-order valence-corrected chi connectivity index (χ3v) is 7.14. The minimum atomic E-state index is -0.930. The fraction of sp³-hybridized carbons (Fsp3) is 0.893. The van der Waals surface area contributed by atoms with Crippen molar-refractivity contribution in [3.8, 4) is 0 Å². The van der Waals surface area contributed by atoms with E-state index in [1.165, 1.54) is 89.9 Å². The predicted octanol–water partition coefficient (Wildman–Crippen LogP) is 6.88. The highest BCUT2D eigenvalue weighted by Crippen LogP contribution is 2.17. The highest BCUT2D eigenvalue weighted by Gasteiger charge is 2.29. The molecule has 35 heavy (non-hydrogen) atoms. The van der Waals surface area contributed by atoms with E-state index < -0.39 is 17.9 Å². The molecule has 0 fully saturated rings. The monoisotopic (exact) mass is 500 g/mol. The number of carboxylic acids is 3. The van der Waals surface area contributed by atoms with Crippen LogP contribution in [0.25, 0.3) is 0 Å². The number of rotatable bonds is 27. The number of nitrogens with zero attached hydrogens (tertiary/aromatic N) is 1. The lowest BCUT2D eigenvalue weighted by atomic mass is 10.0. The van der Waals surface area contributed by atoms with Gasteiger partial charge in [-0.2, -0.15) is 0 Å². The summed E-state index contributed by atoms with van der Waals surface area (Å²) >= 11 is 0. The maximum absolute atomic E-state index is 11.1. The van der Waals surface area contributed by atoms with Crippen molar-refractivity contribution in [2.75, 3.05) is 26.2 Å². The Kier molecular flexibility index (Phi) is 21.7. The number of unbranched alkanes of at least 4 members (excludes halogenated alkanes) is 16. The van der Waals surface area contributed by atoms with Crippen LogP contribution in [0.5, 0.6) is 0 Å². The molecule has 0 amide bonds. The summed E-state index contributed by atoms with van der Waals surface area (Å²) in [6, 6.07) is 0. The van der Waals surface area contributed by atoms with E-state index in [2.05, 4.69) is 6.92 Å². The number of carboxylic acid groups (broad SMARTS) is 3. The van der Waals surface area contributed by atoms with Crippen LogP contribution in [-0.2, 0) is 14.4 Å². The fourth-order valence-corrected chi connectivity index (χ4v) is 4.84. The number of quaternary nitrogens is 1. The van der Waals surface area contributed by atoms with Crippen molar-refractivity contribution in [3.05, 3.63) is 0 Å². The first-order chi connectivity index (χ1) is 16.8. The molecule has 0 aromatic carbocycles. The molecule has 0 saturated heterocycles. The first-order valence-corrected chi connectivity index (χ1v) is 14.3. The molecule has 0 rings (SSSR count). The molecule has 0 atom stereocenters. The van der Waals surface area contributed by atoms with E-state index in [0.29, 0.717) is 6.54 Å². The Labute approximate surface area is 213 Å². The van der Waals surface area contributed by atoms with Gasteiger partial charge in [-0.1, -0.05) is 103 Å². The molecule has 3 N–H and O–H groups in total. The van der Waals surface area contributed by atoms with Crippen LogP contribution in [0.4, 0.5) is 0 Å². The summed E-state index contributed by atoms with van der Waals surface area (Å²) in [6.45, 7) is 3.76. The Morgan fingerprint density at radius 1 is 0.429 bits per heavy atom. The van der Waals surface area contributed by atoms with Gasteiger partial charge in [-0.05, 0) is 12.8 Å². The Bertz CT molecular complexity index is 506. The van der Waals surface area contributed by atoms with Crippen LogP contribution in [0.15, 0.2) is 0 Å². The topological polar surface area (TPSA) is 112 Å². The Hall–Kier alpha value is -1.63. The molecule has 0 aliphatic rings. The maximum Gasteiger partial charge on any atom is 0.309 e. The molecule has 0 aromatic heterocycles. The number of aliphatic carboxylic acids is 3. The SMILES string of the molecule is CCCCCCCCCCCCCCCCCCC[N+](CCC(=O)O)(CCC(=O)O)CCC(=O)O. The van der Waals surface area contributed by atoms with Crippen LogP contribution in [0.1, 0.15) is 135 Å². The first-order valence-electron chi connectivity index (χ1n) is 14.3. The zero-order valence-corrected chi connectivity index (χ0v) is 22.5. The summed E-state index contributed by atoms with van der Waals surface area (Å²) in [4.78, 5) is 33.3. The second-order valence-electron chi connectivity index (χ2n) is 10.3. The van der Waals surface area contributed by atoms with Gasteiger partial charge in [-0.25, -0.2) is 0 Å². The normalized spacial score (nSPS) is 11.6. The van der Waals surface area contributed by atoms with E-state index in [1.807, 2.05) is 0 Å². The average molecular weight is 501 g/mol. The second-order valence-corrected chi connectivity index (χ2v) is 10.3. The highest BCUT2D eigenvalue weighted by molar-refractivity contribution is 5.67. The molecule has 206 valence electrons. The number of hydrogen-bond acceptors (Lipinski definition) is 3. The fourth-order valence-electron chi connectivity index (χ4n) is 4.84. The molecule has 0 aliphatic heterocycles. The summed E-state index contributed by atoms with van der Waals surface area (Å²) in [6.07, 6.45) is 21.6. The van der Waals surface area contributed by atoms with Crippen LogP contribution in [0.2, 0.25) is 0 Å². The molecule has 0 aliphatic carbocycles. The van der Waals surface area contributed by atoms with Gasteiger partial charge in [0.2, 0.25) is 0 Å². The van der Waals surface area contributed by atoms with Crippen molar-refractivity contribution in [1.29, 1.82) is 0 Å². The molecule has 7 heteroatoms. The minimum absolute atomic E-state index is 0.0712. The first kappa shape index (κ1) is 33.4. The van der Waals surface area contributed by atoms with Gasteiger partial charge in [0.1, 0.15) is 0 Å². The quantitative estimate of drug-likeness (QED) is 0.0837. The Morgan fingerprint density at radius 3 is 0.943 bits per heavy atom. The highest BCUT2D eigenvalue weighted by atomic mass is 16.4. The third kappa shape index (κ3) is 22.6. The number of hydrogen-bond donors (Lipinski definition) is 3. The van der Waals surface area contributed by atoms with Crippen molar-refractivity contribution in [3.63, 3.8) is 0 Å². The van der Waals surface area contributed by atoms with Gasteiger partial charge in [0.05, 0.1) is 45.4 Å². The van der Waals surface area contributed by atoms with Gasteiger partial charge in [-0.15, -0.1) is 0 Å². The van der Waals surface area contributed by atoms with Crippen LogP contribution in [0, 0.1) is 0 Å². The van der Waals surface area contributed by atoms with E-state index >= 15 is 0 Å². The van der Waals surface area contributed by atoms with E-state index in [1.54, 1.807) is 0 Å². The molecular formula is C28H54NO6+. The van der Waals surface area contributed by atoms with Gasteiger partial charge >= 0.3 is 17.9 Å². The van der Waals surface area contributed by atoms with Gasteiger partial charge in [0.25, 0.3) is 0 Å². The van der Waals surface area contributed by atoms with E-state index in [0.717, 1.165) is 19.3 Å². The minimum Gasteiger partial charge on any atom is -0.481 e. The van der Waals surface area contributed by atoms with Gasteiger partial charge in [0.15, 0.2) is 0 Å². The van der Waals surface area contributed by atoms with Crippen molar-refractivity contribution in [1.82, 2.24) is 0 Å². The van der Waals surface area contributed by atoms with Crippen molar-refractivity contribution >= 4 is 17.9 Å². The summed E-state index contributed by atoms with van der Waals surface area (Å²) < 4.78 is 0.268.